The van der Waals surface area contributed by atoms with Gasteiger partial charge >= 0.3 is 0 Å². The molecule has 6 nitrogen and oxygen atoms in total. The van der Waals surface area contributed by atoms with Gasteiger partial charge in [0.05, 0.1) is 10.9 Å². The molecule has 6 heteroatoms. The van der Waals surface area contributed by atoms with Gasteiger partial charge in [0.1, 0.15) is 11.8 Å². The van der Waals surface area contributed by atoms with Crippen LogP contribution in [0.3, 0.4) is 0 Å². The van der Waals surface area contributed by atoms with E-state index in [2.05, 4.69) is 15.3 Å². The Kier molecular flexibility index (Phi) is 3.97. The summed E-state index contributed by atoms with van der Waals surface area (Å²) in [5.41, 5.74) is 1.59. The van der Waals surface area contributed by atoms with Crippen LogP contribution in [-0.2, 0) is 4.79 Å². The molecule has 2 heterocycles. The molecular weight excluding hydrogens is 294 g/mol. The van der Waals surface area contributed by atoms with Gasteiger partial charge in [0, 0.05) is 18.5 Å². The Morgan fingerprint density at radius 1 is 1.26 bits per heavy atom. The molecule has 0 radical (unpaired) electrons. The maximum atomic E-state index is 12.4. The Morgan fingerprint density at radius 3 is 2.83 bits per heavy atom. The molecule has 0 saturated heterocycles. The van der Waals surface area contributed by atoms with Crippen LogP contribution in [0, 0.1) is 6.92 Å². The lowest BCUT2D eigenvalue weighted by Crippen LogP contribution is -2.11. The number of carbonyl (C=O) groups excluding carboxylic acids is 1. The second-order valence-corrected chi connectivity index (χ2v) is 4.91. The molecule has 0 aliphatic heterocycles. The van der Waals surface area contributed by atoms with E-state index in [1.165, 1.54) is 30.8 Å². The fraction of sp³-hybridized carbons (Fsp3) is 0.0588. The van der Waals surface area contributed by atoms with E-state index in [4.69, 9.17) is 4.42 Å². The Morgan fingerprint density at radius 2 is 2.04 bits per heavy atom. The van der Waals surface area contributed by atoms with E-state index in [1.807, 2.05) is 13.0 Å². The quantitative estimate of drug-likeness (QED) is 0.752. The molecule has 3 rings (SSSR count). The standard InChI is InChI=1S/C17H13N3O3/c1-11-3-5-14-13(9-11)16(22)12(10-23-14)4-6-15(21)20-17-18-7-2-8-19-17/h2-10H,1H3,(H,18,19,20,21)/b6-4+. The van der Waals surface area contributed by atoms with Crippen molar-refractivity contribution < 1.29 is 9.21 Å². The fourth-order valence-electron chi connectivity index (χ4n) is 2.06. The van der Waals surface area contributed by atoms with Crippen LogP contribution < -0.4 is 10.7 Å². The number of hydrogen-bond donors (Lipinski definition) is 1. The third-order valence-electron chi connectivity index (χ3n) is 3.17. The third-order valence-corrected chi connectivity index (χ3v) is 3.17. The number of rotatable bonds is 3. The minimum absolute atomic E-state index is 0.185. The number of aryl methyl sites for hydroxylation is 1. The lowest BCUT2D eigenvalue weighted by Gasteiger charge is -2.00. The molecule has 0 atom stereocenters. The molecule has 1 aromatic carbocycles. The third kappa shape index (κ3) is 3.32. The first kappa shape index (κ1) is 14.6. The van der Waals surface area contributed by atoms with Gasteiger partial charge in [-0.25, -0.2) is 9.97 Å². The number of benzene rings is 1. The van der Waals surface area contributed by atoms with Crippen molar-refractivity contribution in [3.05, 3.63) is 70.3 Å². The summed E-state index contributed by atoms with van der Waals surface area (Å²) in [6.45, 7) is 1.90. The Bertz CT molecular complexity index is 946. The van der Waals surface area contributed by atoms with Crippen molar-refractivity contribution in [3.8, 4) is 0 Å². The van der Waals surface area contributed by atoms with Crippen molar-refractivity contribution >= 4 is 28.9 Å². The predicted molar refractivity (Wildman–Crippen MR) is 86.9 cm³/mol. The smallest absolute Gasteiger partial charge is 0.250 e. The number of carbonyl (C=O) groups is 1. The van der Waals surface area contributed by atoms with Crippen LogP contribution in [0.2, 0.25) is 0 Å². The zero-order chi connectivity index (χ0) is 16.2. The first-order valence-electron chi connectivity index (χ1n) is 6.92. The van der Waals surface area contributed by atoms with Crippen LogP contribution in [0.4, 0.5) is 5.95 Å². The molecule has 0 aliphatic rings. The molecule has 2 aromatic heterocycles. The average Bonchev–Trinajstić information content (AvgIpc) is 2.56. The second kappa shape index (κ2) is 6.23. The monoisotopic (exact) mass is 307 g/mol. The van der Waals surface area contributed by atoms with E-state index in [0.717, 1.165) is 5.56 Å². The number of aromatic nitrogens is 2. The number of anilines is 1. The summed E-state index contributed by atoms with van der Waals surface area (Å²) in [6.07, 6.45) is 7.03. The van der Waals surface area contributed by atoms with Crippen molar-refractivity contribution in [1.29, 1.82) is 0 Å². The summed E-state index contributed by atoms with van der Waals surface area (Å²) in [5, 5.41) is 2.98. The molecule has 1 amide bonds. The average molecular weight is 307 g/mol. The summed E-state index contributed by atoms with van der Waals surface area (Å²) in [5.74, 6) is -0.233. The van der Waals surface area contributed by atoms with Gasteiger partial charge in [-0.1, -0.05) is 11.6 Å². The van der Waals surface area contributed by atoms with Crippen LogP contribution in [0.1, 0.15) is 11.1 Å². The van der Waals surface area contributed by atoms with E-state index in [1.54, 1.807) is 18.2 Å². The molecule has 0 fully saturated rings. The highest BCUT2D eigenvalue weighted by molar-refractivity contribution is 6.01. The van der Waals surface area contributed by atoms with Gasteiger partial charge in [0.25, 0.3) is 5.91 Å². The zero-order valence-corrected chi connectivity index (χ0v) is 12.3. The van der Waals surface area contributed by atoms with Crippen molar-refractivity contribution in [2.75, 3.05) is 5.32 Å². The summed E-state index contributed by atoms with van der Waals surface area (Å²) in [4.78, 5) is 32.0. The molecule has 3 aromatic rings. The van der Waals surface area contributed by atoms with Gasteiger partial charge in [0.2, 0.25) is 5.95 Å². The Balaban J connectivity index is 1.85. The van der Waals surface area contributed by atoms with E-state index in [0.29, 0.717) is 16.5 Å². The van der Waals surface area contributed by atoms with E-state index < -0.39 is 5.91 Å². The number of nitrogens with zero attached hydrogens (tertiary/aromatic N) is 2. The van der Waals surface area contributed by atoms with Gasteiger partial charge in [-0.2, -0.15) is 0 Å². The van der Waals surface area contributed by atoms with E-state index in [-0.39, 0.29) is 11.4 Å². The topological polar surface area (TPSA) is 85.1 Å². The SMILES string of the molecule is Cc1ccc2occ(/C=C/C(=O)Nc3ncccn3)c(=O)c2c1. The second-order valence-electron chi connectivity index (χ2n) is 4.91. The first-order chi connectivity index (χ1) is 11.1. The molecule has 114 valence electrons. The normalized spacial score (nSPS) is 11.0. The van der Waals surface area contributed by atoms with Crippen LogP contribution in [0.25, 0.3) is 17.0 Å². The summed E-state index contributed by atoms with van der Waals surface area (Å²) >= 11 is 0. The van der Waals surface area contributed by atoms with Crippen molar-refractivity contribution in [2.45, 2.75) is 6.92 Å². The molecular formula is C17H13N3O3. The summed E-state index contributed by atoms with van der Waals surface area (Å²) < 4.78 is 5.42. The molecule has 0 saturated carbocycles. The predicted octanol–water partition coefficient (Wildman–Crippen LogP) is 2.54. The summed E-state index contributed by atoms with van der Waals surface area (Å²) in [6, 6.07) is 7.03. The lowest BCUT2D eigenvalue weighted by molar-refractivity contribution is -0.111. The van der Waals surface area contributed by atoms with Crippen molar-refractivity contribution in [1.82, 2.24) is 9.97 Å². The van der Waals surface area contributed by atoms with Crippen LogP contribution in [0.15, 0.2) is 58.2 Å². The Labute approximate surface area is 131 Å². The minimum Gasteiger partial charge on any atom is -0.463 e. The molecule has 0 unspecified atom stereocenters. The van der Waals surface area contributed by atoms with E-state index in [9.17, 15) is 9.59 Å². The molecule has 0 spiro atoms. The van der Waals surface area contributed by atoms with Crippen molar-refractivity contribution in [3.63, 3.8) is 0 Å². The van der Waals surface area contributed by atoms with Crippen LogP contribution in [0.5, 0.6) is 0 Å². The number of fused-ring (bicyclic) bond motifs is 1. The van der Waals surface area contributed by atoms with Gasteiger partial charge < -0.3 is 4.42 Å². The van der Waals surface area contributed by atoms with Gasteiger partial charge in [0.15, 0.2) is 5.43 Å². The zero-order valence-electron chi connectivity index (χ0n) is 12.3. The summed E-state index contributed by atoms with van der Waals surface area (Å²) in [7, 11) is 0. The molecule has 0 bridgehead atoms. The lowest BCUT2D eigenvalue weighted by atomic mass is 10.1. The number of hydrogen-bond acceptors (Lipinski definition) is 5. The van der Waals surface area contributed by atoms with Crippen molar-refractivity contribution in [2.24, 2.45) is 0 Å². The van der Waals surface area contributed by atoms with Crippen LogP contribution in [-0.4, -0.2) is 15.9 Å². The van der Waals surface area contributed by atoms with Gasteiger partial charge in [-0.3, -0.25) is 14.9 Å². The maximum absolute atomic E-state index is 12.4. The molecule has 0 aliphatic carbocycles. The van der Waals surface area contributed by atoms with Gasteiger partial charge in [-0.15, -0.1) is 0 Å². The Hall–Kier alpha value is -3.28. The largest absolute Gasteiger partial charge is 0.463 e. The minimum atomic E-state index is -0.431. The number of amides is 1. The van der Waals surface area contributed by atoms with Gasteiger partial charge in [-0.05, 0) is 31.2 Å². The fourth-order valence-corrected chi connectivity index (χ4v) is 2.06. The molecule has 1 N–H and O–H groups in total. The highest BCUT2D eigenvalue weighted by Gasteiger charge is 2.06. The number of nitrogens with one attached hydrogen (secondary N) is 1. The maximum Gasteiger partial charge on any atom is 0.250 e. The highest BCUT2D eigenvalue weighted by atomic mass is 16.3. The highest BCUT2D eigenvalue weighted by Crippen LogP contribution is 2.13. The van der Waals surface area contributed by atoms with E-state index >= 15 is 0 Å². The van der Waals surface area contributed by atoms with Crippen LogP contribution >= 0.6 is 0 Å². The molecule has 23 heavy (non-hydrogen) atoms. The first-order valence-corrected chi connectivity index (χ1v) is 6.92.